The van der Waals surface area contributed by atoms with Crippen LogP contribution in [0.1, 0.15) is 79.0 Å². The van der Waals surface area contributed by atoms with Crippen molar-refractivity contribution in [1.82, 2.24) is 0 Å². The fourth-order valence-corrected chi connectivity index (χ4v) is 3.60. The molecule has 0 fully saturated rings. The molecule has 38 heavy (non-hydrogen) atoms. The molecule has 0 N–H and O–H groups in total. The highest BCUT2D eigenvalue weighted by atomic mass is 17.3. The predicted octanol–water partition coefficient (Wildman–Crippen LogP) is 6.06. The topological polar surface area (TPSA) is 108 Å². The monoisotopic (exact) mass is 534 g/mol. The van der Waals surface area contributed by atoms with Crippen LogP contribution in [0.5, 0.6) is 23.0 Å². The molecule has 210 valence electrons. The zero-order valence-electron chi connectivity index (χ0n) is 22.8. The highest BCUT2D eigenvalue weighted by Crippen LogP contribution is 2.29. The Morgan fingerprint density at radius 1 is 0.605 bits per heavy atom. The van der Waals surface area contributed by atoms with Gasteiger partial charge < -0.3 is 18.9 Å². The molecule has 2 rings (SSSR count). The van der Waals surface area contributed by atoms with Gasteiger partial charge in [0.05, 0.1) is 39.6 Å². The third-order valence-corrected chi connectivity index (χ3v) is 5.74. The summed E-state index contributed by atoms with van der Waals surface area (Å²) >= 11 is 0. The molecule has 0 aliphatic heterocycles. The normalized spacial score (nSPS) is 10.7. The lowest BCUT2D eigenvalue weighted by atomic mass is 10.1. The van der Waals surface area contributed by atoms with Crippen molar-refractivity contribution in [2.24, 2.45) is 0 Å². The molecule has 0 amide bonds. The van der Waals surface area contributed by atoms with Crippen LogP contribution < -0.4 is 18.9 Å². The smallest absolute Gasteiger partial charge is 0.373 e. The number of carbonyl (C=O) groups is 2. The first-order valence-electron chi connectivity index (χ1n) is 12.7. The van der Waals surface area contributed by atoms with Crippen LogP contribution >= 0.6 is 0 Å². The highest BCUT2D eigenvalue weighted by molar-refractivity contribution is 5.90. The summed E-state index contributed by atoms with van der Waals surface area (Å²) in [6.07, 6.45) is 6.66. The van der Waals surface area contributed by atoms with E-state index in [9.17, 15) is 9.59 Å². The SMILES string of the molecule is CCCCCCCCCC(OOC(=O)c1ccc(OC)c(OC)c1)OOC(=O)c1ccc(OC)c(OC)c1. The maximum atomic E-state index is 12.6. The summed E-state index contributed by atoms with van der Waals surface area (Å²) in [7, 11) is 5.91. The van der Waals surface area contributed by atoms with Gasteiger partial charge in [-0.2, -0.15) is 0 Å². The van der Waals surface area contributed by atoms with Gasteiger partial charge in [-0.1, -0.05) is 45.4 Å². The van der Waals surface area contributed by atoms with Crippen LogP contribution in [-0.2, 0) is 19.6 Å². The molecule has 0 spiro atoms. The molecule has 0 aliphatic rings. The van der Waals surface area contributed by atoms with E-state index in [1.807, 2.05) is 0 Å². The van der Waals surface area contributed by atoms with Gasteiger partial charge in [0.15, 0.2) is 23.0 Å². The summed E-state index contributed by atoms with van der Waals surface area (Å²) in [4.78, 5) is 45.6. The Bertz CT molecular complexity index is 936. The Hall–Kier alpha value is -3.50. The van der Waals surface area contributed by atoms with Crippen molar-refractivity contribution in [3.63, 3.8) is 0 Å². The number of unbranched alkanes of at least 4 members (excludes halogenated alkanes) is 6. The molecule has 0 atom stereocenters. The zero-order valence-corrected chi connectivity index (χ0v) is 22.8. The van der Waals surface area contributed by atoms with E-state index < -0.39 is 18.2 Å². The maximum Gasteiger partial charge on any atom is 0.373 e. The molecule has 0 aromatic heterocycles. The minimum atomic E-state index is -1.13. The van der Waals surface area contributed by atoms with E-state index in [1.165, 1.54) is 72.0 Å². The number of rotatable bonds is 18. The van der Waals surface area contributed by atoms with Gasteiger partial charge >= 0.3 is 11.9 Å². The van der Waals surface area contributed by atoms with Gasteiger partial charge in [-0.25, -0.2) is 9.59 Å². The summed E-state index contributed by atoms with van der Waals surface area (Å²) in [5.41, 5.74) is 0.360. The van der Waals surface area contributed by atoms with Gasteiger partial charge in [0, 0.05) is 6.42 Å². The fraction of sp³-hybridized carbons (Fsp3) is 0.500. The second kappa shape index (κ2) is 17.1. The standard InChI is InChI=1S/C28H38O10/c1-6-7-8-9-10-11-12-13-26(35-37-27(29)20-14-16-22(31-2)24(18-20)33-4)36-38-28(30)21-15-17-23(32-3)25(19-21)34-5/h14-19,26H,6-13H2,1-5H3. The minimum absolute atomic E-state index is 0.180. The first-order chi connectivity index (χ1) is 18.5. The lowest BCUT2D eigenvalue weighted by molar-refractivity contribution is -0.421. The van der Waals surface area contributed by atoms with Crippen LogP contribution in [0.15, 0.2) is 36.4 Å². The van der Waals surface area contributed by atoms with Crippen LogP contribution in [0.2, 0.25) is 0 Å². The second-order valence-electron chi connectivity index (χ2n) is 8.41. The van der Waals surface area contributed by atoms with Crippen molar-refractivity contribution < 1.29 is 48.1 Å². The van der Waals surface area contributed by atoms with Crippen LogP contribution in [0.3, 0.4) is 0 Å². The van der Waals surface area contributed by atoms with Crippen LogP contribution in [0.4, 0.5) is 0 Å². The molecule has 0 heterocycles. The zero-order chi connectivity index (χ0) is 27.8. The van der Waals surface area contributed by atoms with E-state index in [4.69, 9.17) is 38.5 Å². The molecule has 0 aliphatic carbocycles. The molecule has 0 unspecified atom stereocenters. The van der Waals surface area contributed by atoms with E-state index in [0.717, 1.165) is 25.7 Å². The van der Waals surface area contributed by atoms with Crippen LogP contribution in [0, 0.1) is 0 Å². The van der Waals surface area contributed by atoms with Crippen molar-refractivity contribution >= 4 is 11.9 Å². The first kappa shape index (κ1) is 30.7. The van der Waals surface area contributed by atoms with E-state index in [1.54, 1.807) is 12.1 Å². The van der Waals surface area contributed by atoms with Crippen LogP contribution in [-0.4, -0.2) is 46.7 Å². The summed E-state index contributed by atoms with van der Waals surface area (Å²) in [5, 5.41) is 0. The Labute approximate surface area is 223 Å². The van der Waals surface area contributed by atoms with E-state index >= 15 is 0 Å². The summed E-state index contributed by atoms with van der Waals surface area (Å²) in [6.45, 7) is 2.17. The summed E-state index contributed by atoms with van der Waals surface area (Å²) in [6, 6.07) is 9.11. The second-order valence-corrected chi connectivity index (χ2v) is 8.41. The number of hydrogen-bond acceptors (Lipinski definition) is 10. The molecular formula is C28H38O10. The van der Waals surface area contributed by atoms with Crippen molar-refractivity contribution in [1.29, 1.82) is 0 Å². The number of benzene rings is 2. The molecule has 2 aromatic carbocycles. The Balaban J connectivity index is 1.99. The quantitative estimate of drug-likeness (QED) is 0.0968. The van der Waals surface area contributed by atoms with Gasteiger partial charge in [-0.15, -0.1) is 9.78 Å². The van der Waals surface area contributed by atoms with Gasteiger partial charge in [0.1, 0.15) is 0 Å². The Morgan fingerprint density at radius 2 is 1.03 bits per heavy atom. The van der Waals surface area contributed by atoms with Gasteiger partial charge in [-0.05, 0) is 42.8 Å². The molecular weight excluding hydrogens is 496 g/mol. The van der Waals surface area contributed by atoms with Gasteiger partial charge in [-0.3, -0.25) is 9.78 Å². The third-order valence-electron chi connectivity index (χ3n) is 5.74. The van der Waals surface area contributed by atoms with Gasteiger partial charge in [0.25, 0.3) is 0 Å². The molecule has 0 saturated carbocycles. The average molecular weight is 535 g/mol. The number of methoxy groups -OCH3 is 4. The Morgan fingerprint density at radius 3 is 1.45 bits per heavy atom. The number of carbonyl (C=O) groups excluding carboxylic acids is 2. The maximum absolute atomic E-state index is 12.6. The minimum Gasteiger partial charge on any atom is -0.493 e. The largest absolute Gasteiger partial charge is 0.493 e. The number of hydrogen-bond donors (Lipinski definition) is 0. The third kappa shape index (κ3) is 9.75. The van der Waals surface area contributed by atoms with E-state index in [0.29, 0.717) is 29.4 Å². The van der Waals surface area contributed by atoms with Crippen LogP contribution in [0.25, 0.3) is 0 Å². The van der Waals surface area contributed by atoms with Crippen molar-refractivity contribution in [3.05, 3.63) is 47.5 Å². The molecule has 2 aromatic rings. The van der Waals surface area contributed by atoms with Crippen molar-refractivity contribution in [2.45, 2.75) is 64.6 Å². The molecule has 10 heteroatoms. The molecule has 0 bridgehead atoms. The molecule has 0 saturated heterocycles. The van der Waals surface area contributed by atoms with E-state index in [2.05, 4.69) is 6.92 Å². The molecule has 0 radical (unpaired) electrons. The predicted molar refractivity (Wildman–Crippen MR) is 138 cm³/mol. The average Bonchev–Trinajstić information content (AvgIpc) is 2.96. The summed E-state index contributed by atoms with van der Waals surface area (Å²) in [5.74, 6) is 0.110. The lowest BCUT2D eigenvalue weighted by Gasteiger charge is -2.16. The lowest BCUT2D eigenvalue weighted by Crippen LogP contribution is -2.22. The highest BCUT2D eigenvalue weighted by Gasteiger charge is 2.21. The van der Waals surface area contributed by atoms with Crippen molar-refractivity contribution in [3.8, 4) is 23.0 Å². The first-order valence-corrected chi connectivity index (χ1v) is 12.7. The van der Waals surface area contributed by atoms with Crippen molar-refractivity contribution in [2.75, 3.05) is 28.4 Å². The molecule has 10 nitrogen and oxygen atoms in total. The van der Waals surface area contributed by atoms with E-state index in [-0.39, 0.29) is 11.1 Å². The summed E-state index contributed by atoms with van der Waals surface area (Å²) < 4.78 is 20.8. The fourth-order valence-electron chi connectivity index (χ4n) is 3.60. The number of ether oxygens (including phenoxy) is 4. The Kier molecular flexibility index (Phi) is 13.8. The van der Waals surface area contributed by atoms with Gasteiger partial charge in [0.2, 0.25) is 6.29 Å².